The molecule has 1 aliphatic heterocycles. The van der Waals surface area contributed by atoms with E-state index in [4.69, 9.17) is 4.74 Å². The molecule has 1 heterocycles. The zero-order chi connectivity index (χ0) is 13.3. The van der Waals surface area contributed by atoms with E-state index in [1.54, 1.807) is 0 Å². The summed E-state index contributed by atoms with van der Waals surface area (Å²) in [6.45, 7) is 2.11. The molecule has 1 atom stereocenters. The standard InChI is InChI=1S/C15H28N2O2/c18-15(17-13-7-3-1-2-4-8-13)12-16-11-14-9-5-6-10-19-14/h13-14,16H,1-12H2,(H,17,18). The van der Waals surface area contributed by atoms with Crippen LogP contribution in [0, 0.1) is 0 Å². The molecule has 0 aromatic rings. The molecule has 2 rings (SSSR count). The number of nitrogens with one attached hydrogen (secondary N) is 2. The Bertz CT molecular complexity index is 257. The van der Waals surface area contributed by atoms with Crippen molar-refractivity contribution in [2.45, 2.75) is 69.9 Å². The first-order valence-corrected chi connectivity index (χ1v) is 7.96. The van der Waals surface area contributed by atoms with Crippen molar-refractivity contribution in [3.05, 3.63) is 0 Å². The van der Waals surface area contributed by atoms with Crippen LogP contribution in [0.25, 0.3) is 0 Å². The number of amides is 1. The van der Waals surface area contributed by atoms with Gasteiger partial charge < -0.3 is 15.4 Å². The lowest BCUT2D eigenvalue weighted by molar-refractivity contribution is -0.121. The Balaban J connectivity index is 1.55. The van der Waals surface area contributed by atoms with Crippen LogP contribution in [0.3, 0.4) is 0 Å². The van der Waals surface area contributed by atoms with Gasteiger partial charge >= 0.3 is 0 Å². The quantitative estimate of drug-likeness (QED) is 0.750. The third-order valence-corrected chi connectivity index (χ3v) is 4.15. The summed E-state index contributed by atoms with van der Waals surface area (Å²) in [6, 6.07) is 0.405. The zero-order valence-corrected chi connectivity index (χ0v) is 12.0. The van der Waals surface area contributed by atoms with Gasteiger partial charge in [-0.25, -0.2) is 0 Å². The Labute approximate surface area is 116 Å². The van der Waals surface area contributed by atoms with Gasteiger partial charge in [-0.3, -0.25) is 4.79 Å². The summed E-state index contributed by atoms with van der Waals surface area (Å²) in [6.07, 6.45) is 11.3. The van der Waals surface area contributed by atoms with E-state index >= 15 is 0 Å². The van der Waals surface area contributed by atoms with Gasteiger partial charge in [-0.1, -0.05) is 25.7 Å². The van der Waals surface area contributed by atoms with Crippen molar-refractivity contribution in [2.24, 2.45) is 0 Å². The maximum absolute atomic E-state index is 11.9. The van der Waals surface area contributed by atoms with Gasteiger partial charge in [0.15, 0.2) is 0 Å². The maximum atomic E-state index is 11.9. The molecule has 4 heteroatoms. The van der Waals surface area contributed by atoms with Gasteiger partial charge in [0.05, 0.1) is 12.6 Å². The molecule has 0 aromatic heterocycles. The highest BCUT2D eigenvalue weighted by Gasteiger charge is 2.16. The minimum Gasteiger partial charge on any atom is -0.377 e. The smallest absolute Gasteiger partial charge is 0.234 e. The molecular formula is C15H28N2O2. The minimum atomic E-state index is 0.141. The molecule has 0 radical (unpaired) electrons. The van der Waals surface area contributed by atoms with Gasteiger partial charge in [0.25, 0.3) is 0 Å². The first-order valence-electron chi connectivity index (χ1n) is 7.96. The van der Waals surface area contributed by atoms with Crippen molar-refractivity contribution in [2.75, 3.05) is 19.7 Å². The molecule has 1 saturated heterocycles. The molecule has 1 saturated carbocycles. The van der Waals surface area contributed by atoms with Gasteiger partial charge in [0.1, 0.15) is 0 Å². The lowest BCUT2D eigenvalue weighted by atomic mass is 10.1. The van der Waals surface area contributed by atoms with Crippen LogP contribution in [-0.4, -0.2) is 37.7 Å². The van der Waals surface area contributed by atoms with Crippen molar-refractivity contribution in [1.82, 2.24) is 10.6 Å². The summed E-state index contributed by atoms with van der Waals surface area (Å²) in [4.78, 5) is 11.9. The van der Waals surface area contributed by atoms with Gasteiger partial charge in [0.2, 0.25) is 5.91 Å². The fourth-order valence-electron chi connectivity index (χ4n) is 3.02. The summed E-state index contributed by atoms with van der Waals surface area (Å²) < 4.78 is 5.63. The molecule has 0 bridgehead atoms. The van der Waals surface area contributed by atoms with Gasteiger partial charge in [-0.15, -0.1) is 0 Å². The zero-order valence-electron chi connectivity index (χ0n) is 12.0. The highest BCUT2D eigenvalue weighted by molar-refractivity contribution is 5.78. The molecule has 1 unspecified atom stereocenters. The highest BCUT2D eigenvalue weighted by atomic mass is 16.5. The monoisotopic (exact) mass is 268 g/mol. The number of rotatable bonds is 5. The van der Waals surface area contributed by atoms with E-state index in [9.17, 15) is 4.79 Å². The second kappa shape index (κ2) is 8.54. The Kier molecular flexibility index (Phi) is 6.65. The maximum Gasteiger partial charge on any atom is 0.234 e. The lowest BCUT2D eigenvalue weighted by Gasteiger charge is -2.23. The van der Waals surface area contributed by atoms with Crippen LogP contribution >= 0.6 is 0 Å². The van der Waals surface area contributed by atoms with Gasteiger partial charge in [0, 0.05) is 19.2 Å². The number of hydrogen-bond acceptors (Lipinski definition) is 3. The Morgan fingerprint density at radius 2 is 1.74 bits per heavy atom. The molecule has 110 valence electrons. The van der Waals surface area contributed by atoms with Crippen LogP contribution in [0.1, 0.15) is 57.8 Å². The second-order valence-corrected chi connectivity index (χ2v) is 5.88. The molecule has 0 spiro atoms. The van der Waals surface area contributed by atoms with E-state index in [1.165, 1.54) is 38.5 Å². The van der Waals surface area contributed by atoms with Gasteiger partial charge in [-0.05, 0) is 32.1 Å². The molecule has 2 N–H and O–H groups in total. The minimum absolute atomic E-state index is 0.141. The Morgan fingerprint density at radius 1 is 1.00 bits per heavy atom. The summed E-state index contributed by atoms with van der Waals surface area (Å²) in [5.41, 5.74) is 0. The van der Waals surface area contributed by atoms with E-state index in [2.05, 4.69) is 10.6 Å². The van der Waals surface area contributed by atoms with Crippen molar-refractivity contribution < 1.29 is 9.53 Å². The molecule has 4 nitrogen and oxygen atoms in total. The van der Waals surface area contributed by atoms with Crippen molar-refractivity contribution in [3.8, 4) is 0 Å². The van der Waals surface area contributed by atoms with E-state index < -0.39 is 0 Å². The van der Waals surface area contributed by atoms with Crippen LogP contribution < -0.4 is 10.6 Å². The van der Waals surface area contributed by atoms with Crippen LogP contribution in [-0.2, 0) is 9.53 Å². The average molecular weight is 268 g/mol. The fraction of sp³-hybridized carbons (Fsp3) is 0.933. The predicted molar refractivity (Wildman–Crippen MR) is 76.1 cm³/mol. The third kappa shape index (κ3) is 5.91. The number of hydrogen-bond donors (Lipinski definition) is 2. The summed E-state index contributed by atoms with van der Waals surface area (Å²) >= 11 is 0. The third-order valence-electron chi connectivity index (χ3n) is 4.15. The Morgan fingerprint density at radius 3 is 2.42 bits per heavy atom. The van der Waals surface area contributed by atoms with Crippen molar-refractivity contribution >= 4 is 5.91 Å². The summed E-state index contributed by atoms with van der Waals surface area (Å²) in [5, 5.41) is 6.38. The molecule has 2 aliphatic rings. The van der Waals surface area contributed by atoms with Crippen LogP contribution in [0.15, 0.2) is 0 Å². The topological polar surface area (TPSA) is 50.4 Å². The SMILES string of the molecule is O=C(CNCC1CCCCO1)NC1CCCCCC1. The number of ether oxygens (including phenoxy) is 1. The van der Waals surface area contributed by atoms with Crippen LogP contribution in [0.5, 0.6) is 0 Å². The van der Waals surface area contributed by atoms with E-state index in [1.807, 2.05) is 0 Å². The molecular weight excluding hydrogens is 240 g/mol. The molecule has 19 heavy (non-hydrogen) atoms. The van der Waals surface area contributed by atoms with E-state index in [0.29, 0.717) is 18.7 Å². The molecule has 0 aromatic carbocycles. The largest absolute Gasteiger partial charge is 0.377 e. The van der Waals surface area contributed by atoms with E-state index in [-0.39, 0.29) is 5.91 Å². The lowest BCUT2D eigenvalue weighted by Crippen LogP contribution is -2.42. The molecule has 1 amide bonds. The Hall–Kier alpha value is -0.610. The van der Waals surface area contributed by atoms with Gasteiger partial charge in [-0.2, -0.15) is 0 Å². The summed E-state index contributed by atoms with van der Waals surface area (Å²) in [7, 11) is 0. The van der Waals surface area contributed by atoms with E-state index in [0.717, 1.165) is 32.4 Å². The second-order valence-electron chi connectivity index (χ2n) is 5.88. The fourth-order valence-corrected chi connectivity index (χ4v) is 3.02. The highest BCUT2D eigenvalue weighted by Crippen LogP contribution is 2.17. The van der Waals surface area contributed by atoms with Crippen molar-refractivity contribution in [1.29, 1.82) is 0 Å². The number of carbonyl (C=O) groups is 1. The van der Waals surface area contributed by atoms with Crippen LogP contribution in [0.2, 0.25) is 0 Å². The first-order chi connectivity index (χ1) is 9.34. The molecule has 1 aliphatic carbocycles. The summed E-state index contributed by atoms with van der Waals surface area (Å²) in [5.74, 6) is 0.141. The average Bonchev–Trinajstić information content (AvgIpc) is 2.68. The first kappa shape index (κ1) is 14.8. The normalized spacial score (nSPS) is 25.8. The van der Waals surface area contributed by atoms with Crippen molar-refractivity contribution in [3.63, 3.8) is 0 Å². The molecule has 2 fully saturated rings. The predicted octanol–water partition coefficient (Wildman–Crippen LogP) is 1.98. The van der Waals surface area contributed by atoms with Crippen LogP contribution in [0.4, 0.5) is 0 Å². The number of carbonyl (C=O) groups excluding carboxylic acids is 1.